The first-order valence-electron chi connectivity index (χ1n) is 7.70. The number of piperazine rings is 1. The van der Waals surface area contributed by atoms with Gasteiger partial charge in [-0.15, -0.1) is 0 Å². The lowest BCUT2D eigenvalue weighted by atomic mass is 10.2. The second kappa shape index (κ2) is 6.60. The number of nitrogens with one attached hydrogen (secondary N) is 2. The standard InChI is InChI=1S/C17H21N3O2S/c1-14-6-8-15(9-7-14)23(21,22)19-16-4-2-3-5-17(16)20-12-10-18-11-13-20/h2-9,18-19H,10-13H2,1H3. The lowest BCUT2D eigenvalue weighted by molar-refractivity contribution is 0.589. The molecule has 6 heteroatoms. The van der Waals surface area contributed by atoms with Crippen LogP contribution in [0.15, 0.2) is 53.4 Å². The maximum Gasteiger partial charge on any atom is 0.261 e. The van der Waals surface area contributed by atoms with Gasteiger partial charge in [0.2, 0.25) is 0 Å². The smallest absolute Gasteiger partial charge is 0.261 e. The van der Waals surface area contributed by atoms with Gasteiger partial charge in [-0.2, -0.15) is 0 Å². The summed E-state index contributed by atoms with van der Waals surface area (Å²) in [6, 6.07) is 14.4. The summed E-state index contributed by atoms with van der Waals surface area (Å²) in [4.78, 5) is 2.47. The van der Waals surface area contributed by atoms with Crippen molar-refractivity contribution in [2.24, 2.45) is 0 Å². The molecule has 122 valence electrons. The molecule has 2 aromatic rings. The largest absolute Gasteiger partial charge is 0.367 e. The Labute approximate surface area is 137 Å². The molecule has 1 saturated heterocycles. The third-order valence-electron chi connectivity index (χ3n) is 3.94. The predicted molar refractivity (Wildman–Crippen MR) is 93.5 cm³/mol. The zero-order chi connectivity index (χ0) is 16.3. The van der Waals surface area contributed by atoms with Gasteiger partial charge in [0.25, 0.3) is 10.0 Å². The molecular formula is C17H21N3O2S. The van der Waals surface area contributed by atoms with Crippen LogP contribution in [0.25, 0.3) is 0 Å². The third-order valence-corrected chi connectivity index (χ3v) is 5.32. The summed E-state index contributed by atoms with van der Waals surface area (Å²) in [5.41, 5.74) is 2.57. The van der Waals surface area contributed by atoms with Gasteiger partial charge in [-0.05, 0) is 31.2 Å². The summed E-state index contributed by atoms with van der Waals surface area (Å²) < 4.78 is 27.9. The van der Waals surface area contributed by atoms with Gasteiger partial charge in [0.1, 0.15) is 0 Å². The van der Waals surface area contributed by atoms with Crippen molar-refractivity contribution in [3.63, 3.8) is 0 Å². The van der Waals surface area contributed by atoms with Crippen LogP contribution in [0.4, 0.5) is 11.4 Å². The fourth-order valence-corrected chi connectivity index (χ4v) is 3.74. The van der Waals surface area contributed by atoms with Gasteiger partial charge < -0.3 is 10.2 Å². The van der Waals surface area contributed by atoms with E-state index in [2.05, 4.69) is 14.9 Å². The van der Waals surface area contributed by atoms with Crippen LogP contribution in [0.1, 0.15) is 5.56 Å². The van der Waals surface area contributed by atoms with E-state index in [4.69, 9.17) is 0 Å². The van der Waals surface area contributed by atoms with Crippen molar-refractivity contribution in [1.82, 2.24) is 5.32 Å². The Kier molecular flexibility index (Phi) is 4.54. The third kappa shape index (κ3) is 3.65. The summed E-state index contributed by atoms with van der Waals surface area (Å²) in [5, 5.41) is 3.30. The summed E-state index contributed by atoms with van der Waals surface area (Å²) in [7, 11) is -3.58. The molecule has 2 aromatic carbocycles. The first-order chi connectivity index (χ1) is 11.1. The van der Waals surface area contributed by atoms with Crippen molar-refractivity contribution in [3.8, 4) is 0 Å². The molecule has 3 rings (SSSR count). The van der Waals surface area contributed by atoms with Crippen LogP contribution in [0.5, 0.6) is 0 Å². The Morgan fingerprint density at radius 3 is 2.35 bits per heavy atom. The van der Waals surface area contributed by atoms with Crippen LogP contribution in [0.2, 0.25) is 0 Å². The molecule has 1 aliphatic rings. The van der Waals surface area contributed by atoms with Crippen LogP contribution < -0.4 is 14.9 Å². The Hall–Kier alpha value is -2.05. The van der Waals surface area contributed by atoms with E-state index in [0.717, 1.165) is 37.4 Å². The monoisotopic (exact) mass is 331 g/mol. The molecule has 2 N–H and O–H groups in total. The van der Waals surface area contributed by atoms with Crippen LogP contribution >= 0.6 is 0 Å². The minimum absolute atomic E-state index is 0.276. The highest BCUT2D eigenvalue weighted by Crippen LogP contribution is 2.28. The number of aryl methyl sites for hydroxylation is 1. The average Bonchev–Trinajstić information content (AvgIpc) is 2.56. The number of rotatable bonds is 4. The highest BCUT2D eigenvalue weighted by molar-refractivity contribution is 7.92. The lowest BCUT2D eigenvalue weighted by Crippen LogP contribution is -2.43. The maximum absolute atomic E-state index is 12.6. The summed E-state index contributed by atoms with van der Waals surface area (Å²) >= 11 is 0. The van der Waals surface area contributed by atoms with E-state index in [9.17, 15) is 8.42 Å². The van der Waals surface area contributed by atoms with E-state index < -0.39 is 10.0 Å². The molecule has 0 unspecified atom stereocenters. The molecule has 1 fully saturated rings. The summed E-state index contributed by atoms with van der Waals surface area (Å²) in [5.74, 6) is 0. The zero-order valence-corrected chi connectivity index (χ0v) is 13.9. The van der Waals surface area contributed by atoms with Crippen molar-refractivity contribution in [2.75, 3.05) is 35.8 Å². The minimum atomic E-state index is -3.58. The van der Waals surface area contributed by atoms with Gasteiger partial charge in [0, 0.05) is 26.2 Å². The number of hydrogen-bond acceptors (Lipinski definition) is 4. The Morgan fingerprint density at radius 1 is 1.00 bits per heavy atom. The average molecular weight is 331 g/mol. The molecule has 0 radical (unpaired) electrons. The Balaban J connectivity index is 1.89. The molecule has 0 spiro atoms. The van der Waals surface area contributed by atoms with E-state index in [0.29, 0.717) is 5.69 Å². The van der Waals surface area contributed by atoms with Crippen molar-refractivity contribution < 1.29 is 8.42 Å². The van der Waals surface area contributed by atoms with Crippen LogP contribution in [0.3, 0.4) is 0 Å². The van der Waals surface area contributed by atoms with E-state index in [1.54, 1.807) is 24.3 Å². The van der Waals surface area contributed by atoms with E-state index >= 15 is 0 Å². The fraction of sp³-hybridized carbons (Fsp3) is 0.294. The Bertz CT molecular complexity index is 767. The molecule has 0 amide bonds. The summed E-state index contributed by atoms with van der Waals surface area (Å²) in [6.07, 6.45) is 0. The predicted octanol–water partition coefficient (Wildman–Crippen LogP) is 2.21. The number of anilines is 2. The first-order valence-corrected chi connectivity index (χ1v) is 9.19. The molecule has 0 aromatic heterocycles. The number of sulfonamides is 1. The van der Waals surface area contributed by atoms with Gasteiger partial charge in [0.15, 0.2) is 0 Å². The highest BCUT2D eigenvalue weighted by Gasteiger charge is 2.19. The molecule has 0 bridgehead atoms. The normalized spacial score (nSPS) is 15.4. The van der Waals surface area contributed by atoms with Gasteiger partial charge in [0.05, 0.1) is 16.3 Å². The van der Waals surface area contributed by atoms with Crippen LogP contribution in [0, 0.1) is 6.92 Å². The zero-order valence-electron chi connectivity index (χ0n) is 13.1. The van der Waals surface area contributed by atoms with E-state index in [1.165, 1.54) is 0 Å². The fourth-order valence-electron chi connectivity index (χ4n) is 2.66. The van der Waals surface area contributed by atoms with Crippen molar-refractivity contribution in [1.29, 1.82) is 0 Å². The maximum atomic E-state index is 12.6. The first kappa shape index (κ1) is 15.8. The molecule has 5 nitrogen and oxygen atoms in total. The lowest BCUT2D eigenvalue weighted by Gasteiger charge is -2.31. The van der Waals surface area contributed by atoms with Crippen LogP contribution in [-0.4, -0.2) is 34.6 Å². The van der Waals surface area contributed by atoms with Crippen molar-refractivity contribution in [3.05, 3.63) is 54.1 Å². The van der Waals surface area contributed by atoms with Crippen molar-refractivity contribution in [2.45, 2.75) is 11.8 Å². The molecule has 1 aliphatic heterocycles. The molecule has 23 heavy (non-hydrogen) atoms. The van der Waals surface area contributed by atoms with Gasteiger partial charge in [-0.1, -0.05) is 29.8 Å². The van der Waals surface area contributed by atoms with Crippen molar-refractivity contribution >= 4 is 21.4 Å². The molecular weight excluding hydrogens is 310 g/mol. The van der Waals surface area contributed by atoms with Gasteiger partial charge >= 0.3 is 0 Å². The van der Waals surface area contributed by atoms with E-state index in [1.807, 2.05) is 31.2 Å². The molecule has 0 atom stereocenters. The molecule has 0 aliphatic carbocycles. The number of para-hydroxylation sites is 2. The number of benzene rings is 2. The SMILES string of the molecule is Cc1ccc(S(=O)(=O)Nc2ccccc2N2CCNCC2)cc1. The van der Waals surface area contributed by atoms with E-state index in [-0.39, 0.29) is 4.90 Å². The molecule has 0 saturated carbocycles. The van der Waals surface area contributed by atoms with Crippen LogP contribution in [-0.2, 0) is 10.0 Å². The second-order valence-electron chi connectivity index (χ2n) is 5.67. The minimum Gasteiger partial charge on any atom is -0.367 e. The number of hydrogen-bond donors (Lipinski definition) is 2. The highest BCUT2D eigenvalue weighted by atomic mass is 32.2. The number of nitrogens with zero attached hydrogens (tertiary/aromatic N) is 1. The van der Waals surface area contributed by atoms with Gasteiger partial charge in [-0.3, -0.25) is 4.72 Å². The van der Waals surface area contributed by atoms with Gasteiger partial charge in [-0.25, -0.2) is 8.42 Å². The topological polar surface area (TPSA) is 61.4 Å². The second-order valence-corrected chi connectivity index (χ2v) is 7.36. The summed E-state index contributed by atoms with van der Waals surface area (Å²) in [6.45, 7) is 5.47. The Morgan fingerprint density at radius 2 is 1.65 bits per heavy atom. The quantitative estimate of drug-likeness (QED) is 0.902. The molecule has 1 heterocycles.